The Labute approximate surface area is 200 Å². The number of benzene rings is 2. The second-order valence-corrected chi connectivity index (χ2v) is 8.63. The first-order valence-electron chi connectivity index (χ1n) is 10.7. The van der Waals surface area contributed by atoms with Gasteiger partial charge in [-0.05, 0) is 49.7 Å². The fourth-order valence-electron chi connectivity index (χ4n) is 3.64. The minimum atomic E-state index is -4.61. The molecule has 180 valence electrons. The number of aromatic nitrogens is 3. The van der Waals surface area contributed by atoms with Gasteiger partial charge in [0.1, 0.15) is 5.60 Å². The highest BCUT2D eigenvalue weighted by Gasteiger charge is 2.34. The van der Waals surface area contributed by atoms with E-state index in [0.29, 0.717) is 16.9 Å². The molecule has 4 aromatic rings. The zero-order valence-electron chi connectivity index (χ0n) is 19.3. The minimum Gasteiger partial charge on any atom is -0.384 e. The molecule has 9 heteroatoms. The standard InChI is InChI=1S/C26H23F3N4O2/c1-25(2,35)23-14-18(16-7-5-4-6-8-16)22(15-30-23)31-24(34)17-9-10-20(26(27,28)29)19(13-17)21-11-12-33(3)32-21/h4-15,35H,1-3H3,(H,31,34). The van der Waals surface area contributed by atoms with E-state index >= 15 is 0 Å². The summed E-state index contributed by atoms with van der Waals surface area (Å²) in [6, 6.07) is 15.5. The molecule has 0 radical (unpaired) electrons. The molecule has 0 spiro atoms. The monoisotopic (exact) mass is 480 g/mol. The second kappa shape index (κ2) is 8.99. The van der Waals surface area contributed by atoms with Crippen molar-refractivity contribution in [3.05, 3.63) is 89.9 Å². The summed E-state index contributed by atoms with van der Waals surface area (Å²) in [4.78, 5) is 17.4. The smallest absolute Gasteiger partial charge is 0.384 e. The van der Waals surface area contributed by atoms with E-state index in [2.05, 4.69) is 15.4 Å². The number of aryl methyl sites for hydroxylation is 1. The van der Waals surface area contributed by atoms with Crippen LogP contribution in [0.2, 0.25) is 0 Å². The number of rotatable bonds is 5. The summed E-state index contributed by atoms with van der Waals surface area (Å²) in [7, 11) is 1.60. The number of halogens is 3. The number of pyridine rings is 1. The Morgan fingerprint density at radius 3 is 2.31 bits per heavy atom. The maximum absolute atomic E-state index is 13.6. The lowest BCUT2D eigenvalue weighted by atomic mass is 9.98. The van der Waals surface area contributed by atoms with Gasteiger partial charge in [0.2, 0.25) is 0 Å². The van der Waals surface area contributed by atoms with Crippen molar-refractivity contribution in [2.24, 2.45) is 7.05 Å². The van der Waals surface area contributed by atoms with E-state index in [-0.39, 0.29) is 16.8 Å². The number of hydrogen-bond donors (Lipinski definition) is 2. The molecule has 2 N–H and O–H groups in total. The van der Waals surface area contributed by atoms with Crippen molar-refractivity contribution in [3.8, 4) is 22.4 Å². The van der Waals surface area contributed by atoms with Crippen LogP contribution in [0.1, 0.15) is 35.5 Å². The second-order valence-electron chi connectivity index (χ2n) is 8.63. The van der Waals surface area contributed by atoms with Gasteiger partial charge in [0.25, 0.3) is 5.91 Å². The highest BCUT2D eigenvalue weighted by atomic mass is 19.4. The third kappa shape index (κ3) is 5.25. The number of carbonyl (C=O) groups is 1. The van der Waals surface area contributed by atoms with Gasteiger partial charge < -0.3 is 10.4 Å². The van der Waals surface area contributed by atoms with Crippen LogP contribution in [0.15, 0.2) is 73.1 Å². The first kappa shape index (κ1) is 24.2. The Morgan fingerprint density at radius 2 is 1.71 bits per heavy atom. The van der Waals surface area contributed by atoms with Crippen LogP contribution in [0, 0.1) is 0 Å². The van der Waals surface area contributed by atoms with Crippen LogP contribution >= 0.6 is 0 Å². The summed E-state index contributed by atoms with van der Waals surface area (Å²) in [5.74, 6) is -0.606. The van der Waals surface area contributed by atoms with Crippen LogP contribution in [-0.4, -0.2) is 25.8 Å². The van der Waals surface area contributed by atoms with Crippen LogP contribution in [0.3, 0.4) is 0 Å². The fourth-order valence-corrected chi connectivity index (χ4v) is 3.64. The summed E-state index contributed by atoms with van der Waals surface area (Å²) >= 11 is 0. The quantitative estimate of drug-likeness (QED) is 0.387. The molecule has 0 aliphatic heterocycles. The van der Waals surface area contributed by atoms with Gasteiger partial charge in [-0.15, -0.1) is 0 Å². The maximum Gasteiger partial charge on any atom is 0.417 e. The average Bonchev–Trinajstić information content (AvgIpc) is 3.24. The van der Waals surface area contributed by atoms with Crippen molar-refractivity contribution in [2.45, 2.75) is 25.6 Å². The molecule has 0 unspecified atom stereocenters. The van der Waals surface area contributed by atoms with E-state index in [4.69, 9.17) is 0 Å². The van der Waals surface area contributed by atoms with E-state index in [1.807, 2.05) is 30.3 Å². The first-order chi connectivity index (χ1) is 16.4. The largest absolute Gasteiger partial charge is 0.417 e. The van der Waals surface area contributed by atoms with Gasteiger partial charge in [-0.25, -0.2) is 0 Å². The Bertz CT molecular complexity index is 1370. The molecule has 0 atom stereocenters. The number of anilines is 1. The molecule has 0 fully saturated rings. The van der Waals surface area contributed by atoms with Crippen molar-refractivity contribution in [2.75, 3.05) is 5.32 Å². The fraction of sp³-hybridized carbons (Fsp3) is 0.192. The number of nitrogens with zero attached hydrogens (tertiary/aromatic N) is 3. The van der Waals surface area contributed by atoms with Gasteiger partial charge in [-0.3, -0.25) is 14.5 Å². The van der Waals surface area contributed by atoms with Crippen molar-refractivity contribution in [1.29, 1.82) is 0 Å². The number of amides is 1. The van der Waals surface area contributed by atoms with Gasteiger partial charge in [0.15, 0.2) is 0 Å². The SMILES string of the molecule is Cn1ccc(-c2cc(C(=O)Nc3cnc(C(C)(C)O)cc3-c3ccccc3)ccc2C(F)(F)F)n1. The molecule has 0 saturated carbocycles. The van der Waals surface area contributed by atoms with Gasteiger partial charge in [-0.2, -0.15) is 18.3 Å². The van der Waals surface area contributed by atoms with Crippen LogP contribution in [0.25, 0.3) is 22.4 Å². The number of carbonyl (C=O) groups excluding carboxylic acids is 1. The summed E-state index contributed by atoms with van der Waals surface area (Å²) in [6.45, 7) is 3.20. The van der Waals surface area contributed by atoms with E-state index in [1.165, 1.54) is 29.2 Å². The Morgan fingerprint density at radius 1 is 1.00 bits per heavy atom. The van der Waals surface area contributed by atoms with Crippen molar-refractivity contribution >= 4 is 11.6 Å². The molecule has 1 amide bonds. The molecule has 0 saturated heterocycles. The zero-order valence-corrected chi connectivity index (χ0v) is 19.3. The van der Waals surface area contributed by atoms with Crippen LogP contribution in [-0.2, 0) is 18.8 Å². The predicted molar refractivity (Wildman–Crippen MR) is 127 cm³/mol. The molecule has 4 rings (SSSR count). The van der Waals surface area contributed by atoms with Gasteiger partial charge in [-0.1, -0.05) is 30.3 Å². The molecular formula is C26H23F3N4O2. The van der Waals surface area contributed by atoms with Crippen molar-refractivity contribution < 1.29 is 23.1 Å². The molecule has 2 aromatic carbocycles. The van der Waals surface area contributed by atoms with E-state index in [9.17, 15) is 23.1 Å². The summed E-state index contributed by atoms with van der Waals surface area (Å²) in [6.07, 6.45) is -1.65. The Kier molecular flexibility index (Phi) is 6.21. The van der Waals surface area contributed by atoms with Gasteiger partial charge in [0.05, 0.1) is 28.8 Å². The minimum absolute atomic E-state index is 0.0317. The molecule has 2 aromatic heterocycles. The molecule has 35 heavy (non-hydrogen) atoms. The lowest BCUT2D eigenvalue weighted by Crippen LogP contribution is -2.19. The average molecular weight is 480 g/mol. The zero-order chi connectivity index (χ0) is 25.4. The summed E-state index contributed by atoms with van der Waals surface area (Å²) < 4.78 is 42.3. The van der Waals surface area contributed by atoms with Crippen molar-refractivity contribution in [1.82, 2.24) is 14.8 Å². The van der Waals surface area contributed by atoms with E-state index < -0.39 is 23.2 Å². The molecule has 0 aliphatic rings. The first-order valence-corrected chi connectivity index (χ1v) is 10.7. The molecule has 0 bridgehead atoms. The Balaban J connectivity index is 1.75. The van der Waals surface area contributed by atoms with Gasteiger partial charge in [0, 0.05) is 29.9 Å². The van der Waals surface area contributed by atoms with E-state index in [0.717, 1.165) is 17.7 Å². The third-order valence-corrected chi connectivity index (χ3v) is 5.44. The number of alkyl halides is 3. The van der Waals surface area contributed by atoms with Crippen LogP contribution in [0.4, 0.5) is 18.9 Å². The summed E-state index contributed by atoms with van der Waals surface area (Å²) in [5.41, 5.74) is 0.00485. The maximum atomic E-state index is 13.6. The normalized spacial score (nSPS) is 12.0. The molecule has 6 nitrogen and oxygen atoms in total. The summed E-state index contributed by atoms with van der Waals surface area (Å²) in [5, 5.41) is 17.2. The molecule has 0 aliphatic carbocycles. The van der Waals surface area contributed by atoms with Crippen LogP contribution < -0.4 is 5.32 Å². The lowest BCUT2D eigenvalue weighted by Gasteiger charge is -2.20. The van der Waals surface area contributed by atoms with Crippen molar-refractivity contribution in [3.63, 3.8) is 0 Å². The number of nitrogens with one attached hydrogen (secondary N) is 1. The predicted octanol–water partition coefficient (Wildman–Crippen LogP) is 5.65. The molecule has 2 heterocycles. The van der Waals surface area contributed by atoms with Crippen LogP contribution in [0.5, 0.6) is 0 Å². The third-order valence-electron chi connectivity index (χ3n) is 5.44. The number of aliphatic hydroxyl groups is 1. The highest BCUT2D eigenvalue weighted by Crippen LogP contribution is 2.37. The molecular weight excluding hydrogens is 457 g/mol. The topological polar surface area (TPSA) is 80.0 Å². The highest BCUT2D eigenvalue weighted by molar-refractivity contribution is 6.07. The number of hydrogen-bond acceptors (Lipinski definition) is 4. The van der Waals surface area contributed by atoms with Gasteiger partial charge >= 0.3 is 6.18 Å². The lowest BCUT2D eigenvalue weighted by molar-refractivity contribution is -0.137. The Hall–Kier alpha value is -3.98. The van der Waals surface area contributed by atoms with E-state index in [1.54, 1.807) is 27.0 Å².